The molecule has 0 bridgehead atoms. The van der Waals surface area contributed by atoms with Crippen LogP contribution in [0.15, 0.2) is 22.7 Å². The first-order valence-electron chi connectivity index (χ1n) is 6.03. The monoisotopic (exact) mass is 299 g/mol. The average molecular weight is 300 g/mol. The molecule has 0 aromatic heterocycles. The quantitative estimate of drug-likeness (QED) is 0.927. The molecule has 0 atom stereocenters. The number of aryl methyl sites for hydroxylation is 1. The number of hydrogen-bond donors (Lipinski definition) is 1. The first kappa shape index (κ1) is 12.9. The summed E-state index contributed by atoms with van der Waals surface area (Å²) >= 11 is 3.34. The van der Waals surface area contributed by atoms with Gasteiger partial charge in [-0.05, 0) is 37.1 Å². The molecule has 1 saturated heterocycles. The Morgan fingerprint density at radius 2 is 2.06 bits per heavy atom. The van der Waals surface area contributed by atoms with Gasteiger partial charge < -0.3 is 9.84 Å². The predicted octanol–water partition coefficient (Wildman–Crippen LogP) is 2.42. The normalized spacial score (nSPS) is 17.2. The number of ether oxygens (including phenoxy) is 1. The number of phenolic OH excluding ortho intramolecular Hbond substituents is 1. The van der Waals surface area contributed by atoms with Crippen LogP contribution in [-0.4, -0.2) is 42.9 Å². The Hall–Kier alpha value is -0.580. The molecular weight excluding hydrogens is 282 g/mol. The van der Waals surface area contributed by atoms with Crippen molar-refractivity contribution in [2.45, 2.75) is 12.8 Å². The average Bonchev–Trinajstić information content (AvgIpc) is 2.33. The van der Waals surface area contributed by atoms with E-state index < -0.39 is 0 Å². The van der Waals surface area contributed by atoms with E-state index in [4.69, 9.17) is 4.74 Å². The van der Waals surface area contributed by atoms with Crippen LogP contribution < -0.4 is 0 Å². The molecule has 0 amide bonds. The summed E-state index contributed by atoms with van der Waals surface area (Å²) in [4.78, 5) is 2.42. The maximum Gasteiger partial charge on any atom is 0.119 e. The van der Waals surface area contributed by atoms with Crippen LogP contribution in [0, 0.1) is 0 Å². The largest absolute Gasteiger partial charge is 0.508 e. The molecular formula is C13H18BrNO2. The van der Waals surface area contributed by atoms with E-state index in [1.807, 2.05) is 12.1 Å². The second-order valence-corrected chi connectivity index (χ2v) is 5.25. The van der Waals surface area contributed by atoms with Crippen LogP contribution in [0.2, 0.25) is 0 Å². The van der Waals surface area contributed by atoms with Crippen molar-refractivity contribution in [3.8, 4) is 5.75 Å². The highest BCUT2D eigenvalue weighted by atomic mass is 79.9. The molecule has 1 fully saturated rings. The van der Waals surface area contributed by atoms with E-state index in [2.05, 4.69) is 20.8 Å². The fourth-order valence-electron chi connectivity index (χ4n) is 2.07. The third kappa shape index (κ3) is 3.98. The lowest BCUT2D eigenvalue weighted by molar-refractivity contribution is 0.0374. The summed E-state index contributed by atoms with van der Waals surface area (Å²) in [5.74, 6) is 0.390. The Kier molecular flexibility index (Phi) is 4.83. The highest BCUT2D eigenvalue weighted by Gasteiger charge is 2.10. The minimum atomic E-state index is 0.390. The molecule has 1 N–H and O–H groups in total. The molecule has 0 radical (unpaired) electrons. The maximum atomic E-state index is 9.76. The summed E-state index contributed by atoms with van der Waals surface area (Å²) in [6.07, 6.45) is 2.01. The molecule has 1 aliphatic rings. The fraction of sp³-hybridized carbons (Fsp3) is 0.538. The summed E-state index contributed by atoms with van der Waals surface area (Å²) < 4.78 is 6.23. The molecule has 1 heterocycles. The molecule has 2 rings (SSSR count). The topological polar surface area (TPSA) is 32.7 Å². The molecule has 0 saturated carbocycles. The van der Waals surface area contributed by atoms with Gasteiger partial charge in [-0.1, -0.05) is 22.0 Å². The molecule has 0 unspecified atom stereocenters. The predicted molar refractivity (Wildman–Crippen MR) is 71.4 cm³/mol. The van der Waals surface area contributed by atoms with Crippen molar-refractivity contribution >= 4 is 15.9 Å². The van der Waals surface area contributed by atoms with Crippen LogP contribution in [0.3, 0.4) is 0 Å². The standard InChI is InChI=1S/C13H18BrNO2/c14-12-4-3-11(13(16)10-12)2-1-5-15-6-8-17-9-7-15/h3-4,10,16H,1-2,5-9H2. The van der Waals surface area contributed by atoms with E-state index in [0.717, 1.165) is 55.7 Å². The summed E-state index contributed by atoms with van der Waals surface area (Å²) in [5.41, 5.74) is 1.03. The Morgan fingerprint density at radius 1 is 1.29 bits per heavy atom. The maximum absolute atomic E-state index is 9.76. The molecule has 3 nitrogen and oxygen atoms in total. The number of morpholine rings is 1. The molecule has 1 aliphatic heterocycles. The van der Waals surface area contributed by atoms with Crippen molar-refractivity contribution in [1.82, 2.24) is 4.90 Å². The highest BCUT2D eigenvalue weighted by molar-refractivity contribution is 9.10. The minimum absolute atomic E-state index is 0.390. The number of nitrogens with zero attached hydrogens (tertiary/aromatic N) is 1. The van der Waals surface area contributed by atoms with Gasteiger partial charge in [0.25, 0.3) is 0 Å². The van der Waals surface area contributed by atoms with Crippen molar-refractivity contribution in [2.75, 3.05) is 32.8 Å². The van der Waals surface area contributed by atoms with Gasteiger partial charge in [0.05, 0.1) is 13.2 Å². The van der Waals surface area contributed by atoms with Crippen LogP contribution in [-0.2, 0) is 11.2 Å². The lowest BCUT2D eigenvalue weighted by Crippen LogP contribution is -2.36. The van der Waals surface area contributed by atoms with Crippen LogP contribution in [0.5, 0.6) is 5.75 Å². The Balaban J connectivity index is 1.77. The number of phenols is 1. The van der Waals surface area contributed by atoms with Gasteiger partial charge in [0, 0.05) is 17.6 Å². The van der Waals surface area contributed by atoms with Gasteiger partial charge in [-0.2, -0.15) is 0 Å². The van der Waals surface area contributed by atoms with Crippen LogP contribution in [0.1, 0.15) is 12.0 Å². The third-order valence-electron chi connectivity index (χ3n) is 3.07. The molecule has 4 heteroatoms. The van der Waals surface area contributed by atoms with E-state index in [9.17, 15) is 5.11 Å². The molecule has 94 valence electrons. The Bertz CT molecular complexity index is 364. The zero-order chi connectivity index (χ0) is 12.1. The summed E-state index contributed by atoms with van der Waals surface area (Å²) in [7, 11) is 0. The van der Waals surface area contributed by atoms with Gasteiger partial charge in [0.2, 0.25) is 0 Å². The zero-order valence-electron chi connectivity index (χ0n) is 9.86. The molecule has 17 heavy (non-hydrogen) atoms. The first-order valence-corrected chi connectivity index (χ1v) is 6.82. The van der Waals surface area contributed by atoms with E-state index in [1.54, 1.807) is 6.07 Å². The smallest absolute Gasteiger partial charge is 0.119 e. The molecule has 0 aliphatic carbocycles. The minimum Gasteiger partial charge on any atom is -0.508 e. The van der Waals surface area contributed by atoms with Crippen LogP contribution in [0.25, 0.3) is 0 Å². The van der Waals surface area contributed by atoms with Gasteiger partial charge in [-0.25, -0.2) is 0 Å². The van der Waals surface area contributed by atoms with Crippen LogP contribution in [0.4, 0.5) is 0 Å². The number of benzene rings is 1. The second-order valence-electron chi connectivity index (χ2n) is 4.33. The molecule has 1 aromatic carbocycles. The van der Waals surface area contributed by atoms with Gasteiger partial charge in [-0.15, -0.1) is 0 Å². The molecule has 1 aromatic rings. The van der Waals surface area contributed by atoms with Gasteiger partial charge in [0.1, 0.15) is 5.75 Å². The fourth-order valence-corrected chi connectivity index (χ4v) is 2.42. The van der Waals surface area contributed by atoms with E-state index in [1.165, 1.54) is 0 Å². The molecule has 0 spiro atoms. The number of halogens is 1. The highest BCUT2D eigenvalue weighted by Crippen LogP contribution is 2.23. The van der Waals surface area contributed by atoms with Gasteiger partial charge in [-0.3, -0.25) is 4.90 Å². The lowest BCUT2D eigenvalue weighted by atomic mass is 10.1. The van der Waals surface area contributed by atoms with E-state index >= 15 is 0 Å². The third-order valence-corrected chi connectivity index (χ3v) is 3.56. The SMILES string of the molecule is Oc1cc(Br)ccc1CCCN1CCOCC1. The van der Waals surface area contributed by atoms with Crippen molar-refractivity contribution in [3.63, 3.8) is 0 Å². The summed E-state index contributed by atoms with van der Waals surface area (Å²) in [6, 6.07) is 5.71. The Labute approximate surface area is 111 Å². The zero-order valence-corrected chi connectivity index (χ0v) is 11.4. The van der Waals surface area contributed by atoms with E-state index in [0.29, 0.717) is 5.75 Å². The first-order chi connectivity index (χ1) is 8.25. The summed E-state index contributed by atoms with van der Waals surface area (Å²) in [6.45, 7) is 4.85. The number of aromatic hydroxyl groups is 1. The van der Waals surface area contributed by atoms with Crippen molar-refractivity contribution in [2.24, 2.45) is 0 Å². The lowest BCUT2D eigenvalue weighted by Gasteiger charge is -2.26. The second kappa shape index (κ2) is 6.38. The number of hydrogen-bond acceptors (Lipinski definition) is 3. The van der Waals surface area contributed by atoms with Gasteiger partial charge in [0.15, 0.2) is 0 Å². The van der Waals surface area contributed by atoms with Crippen molar-refractivity contribution in [3.05, 3.63) is 28.2 Å². The van der Waals surface area contributed by atoms with E-state index in [-0.39, 0.29) is 0 Å². The van der Waals surface area contributed by atoms with Crippen molar-refractivity contribution < 1.29 is 9.84 Å². The summed E-state index contributed by atoms with van der Waals surface area (Å²) in [5, 5.41) is 9.76. The Morgan fingerprint density at radius 3 is 2.76 bits per heavy atom. The van der Waals surface area contributed by atoms with Crippen LogP contribution >= 0.6 is 15.9 Å². The van der Waals surface area contributed by atoms with Gasteiger partial charge >= 0.3 is 0 Å². The number of rotatable bonds is 4. The van der Waals surface area contributed by atoms with Crippen molar-refractivity contribution in [1.29, 1.82) is 0 Å².